The summed E-state index contributed by atoms with van der Waals surface area (Å²) in [6.45, 7) is 2.04. The number of hydrogen-bond acceptors (Lipinski definition) is 2. The predicted octanol–water partition coefficient (Wildman–Crippen LogP) is 0.481. The molecule has 0 aliphatic heterocycles. The predicted molar refractivity (Wildman–Crippen MR) is 49.7 cm³/mol. The molecule has 1 aromatic rings. The lowest BCUT2D eigenvalue weighted by molar-refractivity contribution is -0.112. The van der Waals surface area contributed by atoms with Crippen molar-refractivity contribution < 1.29 is 4.79 Å². The Hall–Kier alpha value is -1.82. The number of hydrogen-bond donors (Lipinski definition) is 1. The largest absolute Gasteiger partial charge is 0.359 e. The van der Waals surface area contributed by atoms with Gasteiger partial charge in [0.1, 0.15) is 5.69 Å². The van der Waals surface area contributed by atoms with Crippen molar-refractivity contribution in [2.24, 2.45) is 5.73 Å². The van der Waals surface area contributed by atoms with E-state index in [1.165, 1.54) is 0 Å². The maximum Gasteiger partial charge on any atom is 0.293 e. The highest BCUT2D eigenvalue weighted by atomic mass is 16.1. The van der Waals surface area contributed by atoms with Gasteiger partial charge >= 0.3 is 0 Å². The molecule has 0 saturated carbocycles. The van der Waals surface area contributed by atoms with E-state index in [0.717, 1.165) is 12.0 Å². The molecule has 13 heavy (non-hydrogen) atoms. The Bertz CT molecular complexity index is 374. The Balaban J connectivity index is 2.91. The topological polar surface area (TPSA) is 56.0 Å². The van der Waals surface area contributed by atoms with Crippen LogP contribution in [-0.2, 0) is 11.2 Å². The van der Waals surface area contributed by atoms with Gasteiger partial charge in [-0.25, -0.2) is 4.98 Å². The molecule has 0 atom stereocenters. The number of primary amides is 1. The van der Waals surface area contributed by atoms with Crippen LogP contribution in [0.1, 0.15) is 18.2 Å². The summed E-state index contributed by atoms with van der Waals surface area (Å²) in [6, 6.07) is 3.76. The second-order valence-electron chi connectivity index (χ2n) is 2.52. The van der Waals surface area contributed by atoms with Gasteiger partial charge in [0.05, 0.1) is 0 Å². The Morgan fingerprint density at radius 1 is 1.69 bits per heavy atom. The lowest BCUT2D eigenvalue weighted by Gasteiger charge is -1.94. The van der Waals surface area contributed by atoms with Crippen LogP contribution >= 0.6 is 0 Å². The molecule has 0 aromatic carbocycles. The summed E-state index contributed by atoms with van der Waals surface area (Å²) in [5.74, 6) is 4.19. The quantitative estimate of drug-likeness (QED) is 0.629. The van der Waals surface area contributed by atoms with Gasteiger partial charge in [0.2, 0.25) is 0 Å². The molecule has 0 aliphatic carbocycles. The highest BCUT2D eigenvalue weighted by molar-refractivity contribution is 5.92. The summed E-state index contributed by atoms with van der Waals surface area (Å²) in [5.41, 5.74) is 6.59. The van der Waals surface area contributed by atoms with Crippen molar-refractivity contribution in [3.8, 4) is 11.8 Å². The van der Waals surface area contributed by atoms with E-state index in [2.05, 4.69) is 16.8 Å². The van der Waals surface area contributed by atoms with Crippen molar-refractivity contribution in [2.75, 3.05) is 0 Å². The highest BCUT2D eigenvalue weighted by Crippen LogP contribution is 2.00. The maximum absolute atomic E-state index is 10.3. The minimum atomic E-state index is -0.635. The van der Waals surface area contributed by atoms with Crippen molar-refractivity contribution in [3.63, 3.8) is 0 Å². The third-order valence-corrected chi connectivity index (χ3v) is 1.55. The van der Waals surface area contributed by atoms with Gasteiger partial charge in [-0.15, -0.1) is 0 Å². The number of rotatable bonds is 1. The highest BCUT2D eigenvalue weighted by Gasteiger charge is 1.91. The van der Waals surface area contributed by atoms with Crippen LogP contribution in [0.15, 0.2) is 18.3 Å². The number of carbonyl (C=O) groups excluding carboxylic acids is 1. The van der Waals surface area contributed by atoms with E-state index in [9.17, 15) is 4.79 Å². The smallest absolute Gasteiger partial charge is 0.293 e. The van der Waals surface area contributed by atoms with Crippen LogP contribution in [0.3, 0.4) is 0 Å². The summed E-state index contributed by atoms with van der Waals surface area (Å²) in [4.78, 5) is 14.3. The summed E-state index contributed by atoms with van der Waals surface area (Å²) in [6.07, 6.45) is 2.59. The number of aryl methyl sites for hydroxylation is 1. The van der Waals surface area contributed by atoms with Crippen LogP contribution in [0, 0.1) is 11.8 Å². The molecule has 0 aliphatic rings. The minimum Gasteiger partial charge on any atom is -0.359 e. The van der Waals surface area contributed by atoms with E-state index in [1.54, 1.807) is 6.20 Å². The van der Waals surface area contributed by atoms with Gasteiger partial charge in [-0.2, -0.15) is 0 Å². The van der Waals surface area contributed by atoms with Crippen molar-refractivity contribution in [1.29, 1.82) is 0 Å². The number of carbonyl (C=O) groups is 1. The third-order valence-electron chi connectivity index (χ3n) is 1.55. The van der Waals surface area contributed by atoms with Gasteiger partial charge < -0.3 is 5.73 Å². The van der Waals surface area contributed by atoms with E-state index in [-0.39, 0.29) is 0 Å². The molecule has 0 unspecified atom stereocenters. The molecule has 3 nitrogen and oxygen atoms in total. The Morgan fingerprint density at radius 3 is 3.08 bits per heavy atom. The van der Waals surface area contributed by atoms with Gasteiger partial charge in [0, 0.05) is 12.1 Å². The fourth-order valence-electron chi connectivity index (χ4n) is 0.888. The molecule has 3 heteroatoms. The second kappa shape index (κ2) is 4.27. The van der Waals surface area contributed by atoms with E-state index < -0.39 is 5.91 Å². The SMILES string of the molecule is CCc1ccnc(C#CC(N)=O)c1. The van der Waals surface area contributed by atoms with Crippen LogP contribution in [-0.4, -0.2) is 10.9 Å². The summed E-state index contributed by atoms with van der Waals surface area (Å²) in [5, 5.41) is 0. The van der Waals surface area contributed by atoms with Gasteiger partial charge in [0.15, 0.2) is 0 Å². The van der Waals surface area contributed by atoms with Gasteiger partial charge in [-0.05, 0) is 30.0 Å². The van der Waals surface area contributed by atoms with E-state index in [4.69, 9.17) is 5.73 Å². The van der Waals surface area contributed by atoms with Crippen LogP contribution in [0.25, 0.3) is 0 Å². The molecule has 1 rings (SSSR count). The first-order valence-electron chi connectivity index (χ1n) is 3.98. The summed E-state index contributed by atoms with van der Waals surface area (Å²) < 4.78 is 0. The lowest BCUT2D eigenvalue weighted by atomic mass is 10.2. The Morgan fingerprint density at radius 2 is 2.46 bits per heavy atom. The van der Waals surface area contributed by atoms with Crippen molar-refractivity contribution in [3.05, 3.63) is 29.6 Å². The van der Waals surface area contributed by atoms with E-state index in [0.29, 0.717) is 5.69 Å². The van der Waals surface area contributed by atoms with E-state index in [1.807, 2.05) is 19.1 Å². The molecular formula is C10H10N2O. The van der Waals surface area contributed by atoms with Crippen LogP contribution in [0.4, 0.5) is 0 Å². The normalized spacial score (nSPS) is 8.69. The molecule has 66 valence electrons. The molecule has 0 spiro atoms. The summed E-state index contributed by atoms with van der Waals surface area (Å²) >= 11 is 0. The average Bonchev–Trinajstić information content (AvgIpc) is 2.15. The zero-order valence-electron chi connectivity index (χ0n) is 7.37. The van der Waals surface area contributed by atoms with Crippen molar-refractivity contribution >= 4 is 5.91 Å². The fraction of sp³-hybridized carbons (Fsp3) is 0.200. The monoisotopic (exact) mass is 174 g/mol. The first-order chi connectivity index (χ1) is 6.22. The Labute approximate surface area is 77.0 Å². The van der Waals surface area contributed by atoms with Crippen LogP contribution < -0.4 is 5.73 Å². The number of amides is 1. The van der Waals surface area contributed by atoms with Crippen molar-refractivity contribution in [1.82, 2.24) is 4.98 Å². The number of nitrogens with two attached hydrogens (primary N) is 1. The third kappa shape index (κ3) is 2.96. The first-order valence-corrected chi connectivity index (χ1v) is 3.98. The first kappa shape index (κ1) is 9.27. The molecule has 1 aromatic heterocycles. The van der Waals surface area contributed by atoms with Crippen LogP contribution in [0.5, 0.6) is 0 Å². The van der Waals surface area contributed by atoms with Crippen molar-refractivity contribution in [2.45, 2.75) is 13.3 Å². The number of pyridine rings is 1. The van der Waals surface area contributed by atoms with Gasteiger partial charge in [-0.1, -0.05) is 6.92 Å². The minimum absolute atomic E-state index is 0.582. The molecule has 1 heterocycles. The molecule has 1 amide bonds. The number of nitrogens with zero attached hydrogens (tertiary/aromatic N) is 1. The Kier molecular flexibility index (Phi) is 3.04. The van der Waals surface area contributed by atoms with E-state index >= 15 is 0 Å². The van der Waals surface area contributed by atoms with Gasteiger partial charge in [0.25, 0.3) is 5.91 Å². The molecule has 2 N–H and O–H groups in total. The summed E-state index contributed by atoms with van der Waals surface area (Å²) in [7, 11) is 0. The standard InChI is InChI=1S/C10H10N2O/c1-2-8-5-6-12-9(7-8)3-4-10(11)13/h5-7H,2H2,1H3,(H2,11,13). The molecule has 0 bridgehead atoms. The van der Waals surface area contributed by atoms with Crippen LogP contribution in [0.2, 0.25) is 0 Å². The molecular weight excluding hydrogens is 164 g/mol. The second-order valence-corrected chi connectivity index (χ2v) is 2.52. The molecule has 0 fully saturated rings. The fourth-order valence-corrected chi connectivity index (χ4v) is 0.888. The zero-order chi connectivity index (χ0) is 9.68. The van der Waals surface area contributed by atoms with Gasteiger partial charge in [-0.3, -0.25) is 4.79 Å². The molecule has 0 saturated heterocycles. The average molecular weight is 174 g/mol. The maximum atomic E-state index is 10.3. The zero-order valence-corrected chi connectivity index (χ0v) is 7.37. The lowest BCUT2D eigenvalue weighted by Crippen LogP contribution is -2.06. The number of aromatic nitrogens is 1. The molecule has 0 radical (unpaired) electrons.